The molecule has 0 fully saturated rings. The number of ether oxygens (including phenoxy) is 7. The minimum absolute atomic E-state index is 0.0113. The summed E-state index contributed by atoms with van der Waals surface area (Å²) in [6.07, 6.45) is 0.773. The molecule has 2 aromatic rings. The van der Waals surface area contributed by atoms with Crippen molar-refractivity contribution in [3.8, 4) is 40.9 Å². The molecule has 4 bridgehead atoms. The first kappa shape index (κ1) is 56.6. The number of benzene rings is 2. The van der Waals surface area contributed by atoms with E-state index in [1.165, 1.54) is 13.2 Å². The number of fused-ring (bicyclic) bond motifs is 8. The van der Waals surface area contributed by atoms with E-state index in [2.05, 4.69) is 49.8 Å². The lowest BCUT2D eigenvalue weighted by molar-refractivity contribution is -0.161. The Bertz CT molecular complexity index is 2450. The molecule has 6 atom stereocenters. The van der Waals surface area contributed by atoms with Gasteiger partial charge in [0.1, 0.15) is 24.1 Å². The van der Waals surface area contributed by atoms with Crippen molar-refractivity contribution in [1.29, 1.82) is 0 Å². The number of alkyl carbamates (subject to hydrolysis) is 1. The van der Waals surface area contributed by atoms with Gasteiger partial charge in [-0.1, -0.05) is 95.0 Å². The van der Waals surface area contributed by atoms with Crippen molar-refractivity contribution in [2.75, 3.05) is 33.9 Å². The highest BCUT2D eigenvalue weighted by Gasteiger charge is 2.56. The lowest BCUT2D eigenvalue weighted by Gasteiger charge is -2.45. The SMILES string of the molecule is CC[Si](CC)(CC)O[C@@]12C#CC3=CC=C[C@]3(O[Si](CC)(CC)CC)[C@H](C#C[C@@H]1OS(C)(=O)=O)Oc1c(Cl)cc(cc1OCOC)[C@@H](NC(=O)OC(C)(C)C)CC(=O)OC[C@@H]2OCc1ccc(OC)cc1. The van der Waals surface area contributed by atoms with Crippen LogP contribution in [0.2, 0.25) is 41.3 Å². The molecule has 1 amide bonds. The third-order valence-electron chi connectivity index (χ3n) is 13.0. The summed E-state index contributed by atoms with van der Waals surface area (Å²) in [6, 6.07) is 13.2. The van der Waals surface area contributed by atoms with E-state index < -0.39 is 93.0 Å². The molecule has 4 aliphatic rings. The summed E-state index contributed by atoms with van der Waals surface area (Å²) in [4.78, 5) is 28.0. The molecular weight excluding hydrogens is 974 g/mol. The first-order valence-electron chi connectivity index (χ1n) is 23.9. The number of hydrogen-bond donors (Lipinski definition) is 1. The van der Waals surface area contributed by atoms with E-state index in [9.17, 15) is 18.0 Å². The average molecular weight is 1040 g/mol. The fourth-order valence-electron chi connectivity index (χ4n) is 8.61. The van der Waals surface area contributed by atoms with E-state index in [-0.39, 0.29) is 29.9 Å². The fraction of sp³-hybridized carbons (Fsp3) is 0.569. The second-order valence-corrected chi connectivity index (χ2v) is 29.9. The molecule has 6 rings (SSSR count). The van der Waals surface area contributed by atoms with Crippen LogP contribution in [0.4, 0.5) is 4.79 Å². The predicted octanol–water partition coefficient (Wildman–Crippen LogP) is 9.56. The molecule has 70 heavy (non-hydrogen) atoms. The predicted molar refractivity (Wildman–Crippen MR) is 272 cm³/mol. The van der Waals surface area contributed by atoms with Crippen molar-refractivity contribution in [2.45, 2.75) is 153 Å². The molecule has 15 nitrogen and oxygen atoms in total. The van der Waals surface area contributed by atoms with Crippen LogP contribution >= 0.6 is 11.6 Å². The van der Waals surface area contributed by atoms with Crippen molar-refractivity contribution < 1.29 is 64.2 Å². The van der Waals surface area contributed by atoms with Gasteiger partial charge in [0.2, 0.25) is 0 Å². The molecule has 0 saturated heterocycles. The number of carbonyl (C=O) groups is 2. The average Bonchev–Trinajstić information content (AvgIpc) is 3.74. The Morgan fingerprint density at radius 1 is 0.943 bits per heavy atom. The van der Waals surface area contributed by atoms with E-state index in [1.807, 2.05) is 51.1 Å². The molecule has 0 spiro atoms. The van der Waals surface area contributed by atoms with Gasteiger partial charge in [-0.2, -0.15) is 8.42 Å². The van der Waals surface area contributed by atoms with Crippen LogP contribution in [0, 0.1) is 23.7 Å². The maximum Gasteiger partial charge on any atom is 0.408 e. The van der Waals surface area contributed by atoms with Gasteiger partial charge < -0.3 is 47.3 Å². The van der Waals surface area contributed by atoms with Crippen LogP contribution in [0.3, 0.4) is 0 Å². The van der Waals surface area contributed by atoms with Crippen LogP contribution in [-0.4, -0.2) is 106 Å². The zero-order valence-corrected chi connectivity index (χ0v) is 46.2. The zero-order chi connectivity index (χ0) is 51.5. The first-order chi connectivity index (χ1) is 33.1. The van der Waals surface area contributed by atoms with E-state index in [4.69, 9.17) is 57.8 Å². The van der Waals surface area contributed by atoms with Gasteiger partial charge in [-0.15, -0.1) is 0 Å². The van der Waals surface area contributed by atoms with Crippen LogP contribution in [0.15, 0.2) is 60.2 Å². The summed E-state index contributed by atoms with van der Waals surface area (Å²) in [5.41, 5.74) is -2.99. The van der Waals surface area contributed by atoms with Gasteiger partial charge in [-0.3, -0.25) is 4.79 Å². The molecule has 2 aliphatic heterocycles. The third kappa shape index (κ3) is 13.6. The Kier molecular flexibility index (Phi) is 19.3. The Labute approximate surface area is 421 Å². The highest BCUT2D eigenvalue weighted by Crippen LogP contribution is 2.46. The number of halogens is 1. The molecule has 1 N–H and O–H groups in total. The molecule has 19 heteroatoms. The quantitative estimate of drug-likeness (QED) is 0.0437. The van der Waals surface area contributed by atoms with Crippen LogP contribution < -0.4 is 19.5 Å². The second kappa shape index (κ2) is 23.9. The van der Waals surface area contributed by atoms with Gasteiger partial charge in [0.25, 0.3) is 10.1 Å². The Morgan fingerprint density at radius 3 is 2.17 bits per heavy atom. The summed E-state index contributed by atoms with van der Waals surface area (Å²) in [5.74, 6) is 13.2. The highest BCUT2D eigenvalue weighted by molar-refractivity contribution is 7.86. The Balaban J connectivity index is 1.93. The fourth-order valence-corrected chi connectivity index (χ4v) is 15.3. The molecular formula is C51H70ClNO14SSi2. The van der Waals surface area contributed by atoms with Crippen LogP contribution in [0.1, 0.15) is 85.9 Å². The van der Waals surface area contributed by atoms with Crippen LogP contribution in [0.5, 0.6) is 17.2 Å². The number of nitrogens with one attached hydrogen (secondary N) is 1. The van der Waals surface area contributed by atoms with Gasteiger partial charge in [-0.25, -0.2) is 8.98 Å². The number of carbonyl (C=O) groups excluding carboxylic acids is 2. The van der Waals surface area contributed by atoms with Crippen molar-refractivity contribution in [3.63, 3.8) is 0 Å². The van der Waals surface area contributed by atoms with Crippen molar-refractivity contribution in [1.82, 2.24) is 5.32 Å². The highest BCUT2D eigenvalue weighted by atomic mass is 35.5. The standard InChI is InChI=1S/C51H70ClNO14SSi2/c1-13-69(14-2,15-3)66-50-28-19-20-38(50)27-29-51(67-70(16-4,17-5)18-6)44(65-68(12,56)57)26-25-43(50)63-47-40(52)30-37(31-42(47)62-35-58-10)41(53-48(55)64-49(7,8)9)32-46(54)61-34-45(51)60-33-36-21-23-39(59-11)24-22-36/h19-24,28,30-31,41,43-45H,13-18,32-35H2,1-12H3,(H,53,55)/t41-,43-,44-,45-,50+,51-/m0/s1. The maximum absolute atomic E-state index is 14.5. The topological polar surface area (TPSA) is 173 Å². The van der Waals surface area contributed by atoms with Gasteiger partial charge >= 0.3 is 12.1 Å². The van der Waals surface area contributed by atoms with Gasteiger partial charge in [0.15, 0.2) is 58.3 Å². The van der Waals surface area contributed by atoms with E-state index in [0.717, 1.165) is 24.4 Å². The summed E-state index contributed by atoms with van der Waals surface area (Å²) in [6.45, 7) is 16.6. The Hall–Kier alpha value is -4.35. The number of amides is 1. The van der Waals surface area contributed by atoms with Gasteiger partial charge in [-0.05, 0) is 105 Å². The monoisotopic (exact) mass is 1040 g/mol. The number of esters is 1. The van der Waals surface area contributed by atoms with Crippen molar-refractivity contribution in [3.05, 3.63) is 76.3 Å². The van der Waals surface area contributed by atoms with Crippen molar-refractivity contribution in [2.24, 2.45) is 0 Å². The molecule has 2 aromatic carbocycles. The lowest BCUT2D eigenvalue weighted by atomic mass is 9.89. The van der Waals surface area contributed by atoms with Crippen LogP contribution in [-0.2, 0) is 53.5 Å². The summed E-state index contributed by atoms with van der Waals surface area (Å²) >= 11 is 7.22. The zero-order valence-electron chi connectivity index (χ0n) is 42.6. The Morgan fingerprint density at radius 2 is 1.59 bits per heavy atom. The summed E-state index contributed by atoms with van der Waals surface area (Å²) in [7, 11) is -6.94. The number of rotatable bonds is 20. The molecule has 0 aromatic heterocycles. The number of allylic oxidation sites excluding steroid dienone is 2. The lowest BCUT2D eigenvalue weighted by Crippen LogP contribution is -2.62. The number of hydrogen-bond acceptors (Lipinski definition) is 14. The smallest absolute Gasteiger partial charge is 0.408 e. The molecule has 2 aliphatic carbocycles. The molecule has 0 radical (unpaired) electrons. The third-order valence-corrected chi connectivity index (χ3v) is 23.1. The molecule has 384 valence electrons. The second-order valence-electron chi connectivity index (χ2n) is 18.5. The molecule has 0 saturated carbocycles. The van der Waals surface area contributed by atoms with E-state index in [1.54, 1.807) is 46.1 Å². The summed E-state index contributed by atoms with van der Waals surface area (Å²) in [5, 5.41) is 2.83. The first-order valence-corrected chi connectivity index (χ1v) is 31.1. The van der Waals surface area contributed by atoms with Gasteiger partial charge in [0.05, 0.1) is 37.5 Å². The minimum atomic E-state index is -4.37. The molecule has 0 unspecified atom stereocenters. The number of methoxy groups -OCH3 is 2. The maximum atomic E-state index is 14.5. The van der Waals surface area contributed by atoms with E-state index >= 15 is 0 Å². The van der Waals surface area contributed by atoms with Gasteiger partial charge in [0, 0.05) is 12.7 Å². The van der Waals surface area contributed by atoms with Crippen LogP contribution in [0.25, 0.3) is 0 Å². The van der Waals surface area contributed by atoms with E-state index in [0.29, 0.717) is 40.6 Å². The van der Waals surface area contributed by atoms with Crippen molar-refractivity contribution >= 4 is 50.4 Å². The molecule has 2 heterocycles. The summed E-state index contributed by atoms with van der Waals surface area (Å²) < 4.78 is 91.1. The normalized spacial score (nSPS) is 23.6. The minimum Gasteiger partial charge on any atom is -0.497 e. The largest absolute Gasteiger partial charge is 0.497 e.